The number of hydrogen-bond acceptors (Lipinski definition) is 4. The maximum atomic E-state index is 13.0. The van der Waals surface area contributed by atoms with Crippen molar-refractivity contribution in [3.05, 3.63) is 58.1 Å². The van der Waals surface area contributed by atoms with Gasteiger partial charge in [0.05, 0.1) is 25.5 Å². The molecule has 1 aliphatic rings. The lowest BCUT2D eigenvalue weighted by Crippen LogP contribution is -2.31. The minimum Gasteiger partial charge on any atom is -0.493 e. The fourth-order valence-corrected chi connectivity index (χ4v) is 3.33. The molecular weight excluding hydrogens is 354 g/mol. The predicted octanol–water partition coefficient (Wildman–Crippen LogP) is 3.84. The van der Waals surface area contributed by atoms with Crippen molar-refractivity contribution in [1.29, 1.82) is 0 Å². The number of aryl methyl sites for hydroxylation is 2. The molecule has 0 fully saturated rings. The molecule has 3 rings (SSSR count). The number of ether oxygens (including phenoxy) is 2. The van der Waals surface area contributed by atoms with E-state index in [1.807, 2.05) is 19.9 Å². The van der Waals surface area contributed by atoms with Gasteiger partial charge in [-0.2, -0.15) is 0 Å². The third-order valence-corrected chi connectivity index (χ3v) is 4.51. The third-order valence-electron chi connectivity index (χ3n) is 4.16. The highest BCUT2D eigenvalue weighted by Gasteiger charge is 2.39. The molecule has 0 saturated carbocycles. The average Bonchev–Trinajstić information content (AvgIpc) is 2.82. The number of nitrogens with zero attached hydrogens (tertiary/aromatic N) is 1. The number of amides is 2. The normalized spacial score (nSPS) is 14.3. The molecule has 0 aromatic heterocycles. The molecule has 0 saturated heterocycles. The van der Waals surface area contributed by atoms with Gasteiger partial charge < -0.3 is 9.47 Å². The third kappa shape index (κ3) is 2.95. The second-order valence-electron chi connectivity index (χ2n) is 6.05. The zero-order valence-electron chi connectivity index (χ0n) is 14.9. The Labute approximate surface area is 156 Å². The van der Waals surface area contributed by atoms with Gasteiger partial charge in [-0.1, -0.05) is 23.7 Å². The quantitative estimate of drug-likeness (QED) is 0.766. The van der Waals surface area contributed by atoms with Crippen LogP contribution in [0.4, 0.5) is 5.69 Å². The number of benzene rings is 2. The zero-order valence-corrected chi connectivity index (χ0v) is 15.7. The van der Waals surface area contributed by atoms with Crippen LogP contribution in [0.15, 0.2) is 41.4 Å². The molecule has 134 valence electrons. The van der Waals surface area contributed by atoms with Crippen molar-refractivity contribution >= 4 is 34.7 Å². The fraction of sp³-hybridized carbons (Fsp3) is 0.200. The van der Waals surface area contributed by atoms with Gasteiger partial charge in [-0.05, 0) is 54.8 Å². The summed E-state index contributed by atoms with van der Waals surface area (Å²) in [7, 11) is 3.02. The molecule has 0 spiro atoms. The number of carbonyl (C=O) groups excluding carboxylic acids is 2. The Balaban J connectivity index is 2.07. The van der Waals surface area contributed by atoms with E-state index < -0.39 is 11.8 Å². The Kier molecular flexibility index (Phi) is 4.74. The molecule has 0 unspecified atom stereocenters. The van der Waals surface area contributed by atoms with Gasteiger partial charge in [-0.25, -0.2) is 4.90 Å². The van der Waals surface area contributed by atoms with E-state index >= 15 is 0 Å². The second-order valence-corrected chi connectivity index (χ2v) is 6.43. The van der Waals surface area contributed by atoms with Gasteiger partial charge in [0, 0.05) is 0 Å². The van der Waals surface area contributed by atoms with E-state index in [-0.39, 0.29) is 10.6 Å². The van der Waals surface area contributed by atoms with E-state index in [1.165, 1.54) is 14.2 Å². The Morgan fingerprint density at radius 1 is 0.846 bits per heavy atom. The summed E-state index contributed by atoms with van der Waals surface area (Å²) >= 11 is 6.25. The van der Waals surface area contributed by atoms with Crippen molar-refractivity contribution < 1.29 is 19.1 Å². The van der Waals surface area contributed by atoms with Crippen molar-refractivity contribution in [2.45, 2.75) is 13.8 Å². The molecule has 2 amide bonds. The maximum Gasteiger partial charge on any atom is 0.277 e. The molecule has 0 atom stereocenters. The van der Waals surface area contributed by atoms with Gasteiger partial charge >= 0.3 is 0 Å². The lowest BCUT2D eigenvalue weighted by Gasteiger charge is -2.16. The molecule has 6 heteroatoms. The minimum absolute atomic E-state index is 0.110. The molecule has 0 N–H and O–H groups in total. The molecule has 0 bridgehead atoms. The van der Waals surface area contributed by atoms with Gasteiger partial charge in [0.25, 0.3) is 11.8 Å². The molecule has 1 aliphatic heterocycles. The summed E-state index contributed by atoms with van der Waals surface area (Å²) < 4.78 is 10.5. The molecule has 0 radical (unpaired) electrons. The number of hydrogen-bond donors (Lipinski definition) is 0. The topological polar surface area (TPSA) is 55.8 Å². The van der Waals surface area contributed by atoms with Crippen molar-refractivity contribution in [3.8, 4) is 11.5 Å². The van der Waals surface area contributed by atoms with Crippen molar-refractivity contribution in [3.63, 3.8) is 0 Å². The number of rotatable bonds is 4. The SMILES string of the molecule is COc1ccc(C2=C(Cl)C(=O)N(c3cc(C)cc(C)c3)C2=O)cc1OC. The lowest BCUT2D eigenvalue weighted by atomic mass is 10.1. The molecule has 2 aromatic rings. The summed E-state index contributed by atoms with van der Waals surface area (Å²) in [6, 6.07) is 10.5. The first kappa shape index (κ1) is 18.0. The summed E-state index contributed by atoms with van der Waals surface area (Å²) in [5, 5.41) is -0.110. The van der Waals surface area contributed by atoms with Crippen LogP contribution in [0.1, 0.15) is 16.7 Å². The van der Waals surface area contributed by atoms with Crippen LogP contribution in [0, 0.1) is 13.8 Å². The Hall–Kier alpha value is -2.79. The standard InChI is InChI=1S/C20H18ClNO4/c1-11-7-12(2)9-14(8-11)22-19(23)17(18(21)20(22)24)13-5-6-15(25-3)16(10-13)26-4/h5-10H,1-4H3. The fourth-order valence-electron chi connectivity index (χ4n) is 3.06. The summed E-state index contributed by atoms with van der Waals surface area (Å²) in [5.74, 6) is -0.0216. The van der Waals surface area contributed by atoms with Gasteiger partial charge in [0.2, 0.25) is 0 Å². The Morgan fingerprint density at radius 3 is 2.04 bits per heavy atom. The molecule has 1 heterocycles. The number of imide groups is 1. The first-order valence-corrected chi connectivity index (χ1v) is 8.34. The lowest BCUT2D eigenvalue weighted by molar-refractivity contribution is -0.119. The molecule has 5 nitrogen and oxygen atoms in total. The van der Waals surface area contributed by atoms with Crippen molar-refractivity contribution in [2.24, 2.45) is 0 Å². The highest BCUT2D eigenvalue weighted by atomic mass is 35.5. The van der Waals surface area contributed by atoms with E-state index in [4.69, 9.17) is 21.1 Å². The van der Waals surface area contributed by atoms with E-state index in [0.717, 1.165) is 16.0 Å². The number of anilines is 1. The highest BCUT2D eigenvalue weighted by Crippen LogP contribution is 2.38. The summed E-state index contributed by atoms with van der Waals surface area (Å²) in [6.45, 7) is 3.82. The van der Waals surface area contributed by atoms with E-state index in [9.17, 15) is 9.59 Å². The smallest absolute Gasteiger partial charge is 0.277 e. The first-order valence-electron chi connectivity index (χ1n) is 7.96. The summed E-state index contributed by atoms with van der Waals surface area (Å²) in [4.78, 5) is 26.8. The monoisotopic (exact) mass is 371 g/mol. The second kappa shape index (κ2) is 6.84. The van der Waals surface area contributed by atoms with Crippen LogP contribution in [-0.4, -0.2) is 26.0 Å². The van der Waals surface area contributed by atoms with Crippen LogP contribution >= 0.6 is 11.6 Å². The van der Waals surface area contributed by atoms with E-state index in [0.29, 0.717) is 22.7 Å². The Morgan fingerprint density at radius 2 is 1.46 bits per heavy atom. The largest absolute Gasteiger partial charge is 0.493 e. The molecule has 0 aliphatic carbocycles. The summed E-state index contributed by atoms with van der Waals surface area (Å²) in [6.07, 6.45) is 0. The molecule has 26 heavy (non-hydrogen) atoms. The number of halogens is 1. The van der Waals surface area contributed by atoms with Crippen LogP contribution in [0.25, 0.3) is 5.57 Å². The van der Waals surface area contributed by atoms with Gasteiger partial charge in [0.1, 0.15) is 5.03 Å². The molecular formula is C20H18ClNO4. The van der Waals surface area contributed by atoms with Crippen molar-refractivity contribution in [2.75, 3.05) is 19.1 Å². The Bertz CT molecular complexity index is 929. The van der Waals surface area contributed by atoms with Crippen LogP contribution in [0.3, 0.4) is 0 Å². The minimum atomic E-state index is -0.536. The van der Waals surface area contributed by atoms with E-state index in [2.05, 4.69) is 0 Å². The van der Waals surface area contributed by atoms with Crippen molar-refractivity contribution in [1.82, 2.24) is 0 Å². The first-order chi connectivity index (χ1) is 12.4. The molecule has 2 aromatic carbocycles. The van der Waals surface area contributed by atoms with Crippen LogP contribution in [-0.2, 0) is 9.59 Å². The summed E-state index contributed by atoms with van der Waals surface area (Å²) in [5.41, 5.74) is 3.06. The zero-order chi connectivity index (χ0) is 19.0. The average molecular weight is 372 g/mol. The van der Waals surface area contributed by atoms with E-state index in [1.54, 1.807) is 30.3 Å². The number of carbonyl (C=O) groups is 2. The van der Waals surface area contributed by atoms with Crippen LogP contribution in [0.2, 0.25) is 0 Å². The van der Waals surface area contributed by atoms with Crippen LogP contribution in [0.5, 0.6) is 11.5 Å². The maximum absolute atomic E-state index is 13.0. The van der Waals surface area contributed by atoms with Gasteiger partial charge in [-0.3, -0.25) is 9.59 Å². The highest BCUT2D eigenvalue weighted by molar-refractivity contribution is 6.60. The van der Waals surface area contributed by atoms with Gasteiger partial charge in [0.15, 0.2) is 11.5 Å². The predicted molar refractivity (Wildman–Crippen MR) is 101 cm³/mol. The van der Waals surface area contributed by atoms with Crippen LogP contribution < -0.4 is 14.4 Å². The van der Waals surface area contributed by atoms with Gasteiger partial charge in [-0.15, -0.1) is 0 Å². The number of methoxy groups -OCH3 is 2.